The lowest BCUT2D eigenvalue weighted by Crippen LogP contribution is -2.67. The molecule has 5 rings (SSSR count). The predicted octanol–water partition coefficient (Wildman–Crippen LogP) is 2.34. The van der Waals surface area contributed by atoms with Crippen LogP contribution in [0.4, 0.5) is 0 Å². The molecular formula is C23H23N3O3. The molecule has 0 spiro atoms. The number of fused-ring (bicyclic) bond motifs is 5. The number of aliphatic hydroxyl groups excluding tert-OH is 1. The number of benzene rings is 2. The van der Waals surface area contributed by atoms with Gasteiger partial charge in [0.05, 0.1) is 24.9 Å². The number of para-hydroxylation sites is 1. The summed E-state index contributed by atoms with van der Waals surface area (Å²) in [5, 5.41) is 11.7. The molecule has 2 unspecified atom stereocenters. The second kappa shape index (κ2) is 6.46. The minimum atomic E-state index is -1.08. The van der Waals surface area contributed by atoms with Gasteiger partial charge in [-0.15, -0.1) is 0 Å². The minimum absolute atomic E-state index is 0.00607. The molecule has 0 bridgehead atoms. The van der Waals surface area contributed by atoms with Gasteiger partial charge in [0.2, 0.25) is 5.91 Å². The fourth-order valence-electron chi connectivity index (χ4n) is 4.82. The molecule has 2 aromatic carbocycles. The summed E-state index contributed by atoms with van der Waals surface area (Å²) in [7, 11) is 0. The second-order valence-electron chi connectivity index (χ2n) is 8.00. The number of hydrogen-bond acceptors (Lipinski definition) is 3. The Balaban J connectivity index is 1.54. The van der Waals surface area contributed by atoms with Gasteiger partial charge in [0.15, 0.2) is 5.54 Å². The Labute approximate surface area is 168 Å². The van der Waals surface area contributed by atoms with Crippen molar-refractivity contribution in [1.82, 2.24) is 14.8 Å². The van der Waals surface area contributed by atoms with Crippen molar-refractivity contribution < 1.29 is 14.7 Å². The topological polar surface area (TPSA) is 76.6 Å². The molecule has 2 amide bonds. The Morgan fingerprint density at radius 1 is 1.10 bits per heavy atom. The third-order valence-electron chi connectivity index (χ3n) is 6.33. The summed E-state index contributed by atoms with van der Waals surface area (Å²) in [6, 6.07) is 17.2. The maximum Gasteiger partial charge on any atom is 0.255 e. The SMILES string of the molecule is CC12C(=O)N(CC(O)c3ccccc3)CC(=O)N1CCc1c2[nH]c2ccccc12. The van der Waals surface area contributed by atoms with Crippen LogP contribution in [-0.4, -0.2) is 51.3 Å². The molecule has 6 heteroatoms. The van der Waals surface area contributed by atoms with Gasteiger partial charge in [0.1, 0.15) is 0 Å². The van der Waals surface area contributed by atoms with Crippen LogP contribution >= 0.6 is 0 Å². The third-order valence-corrected chi connectivity index (χ3v) is 6.33. The summed E-state index contributed by atoms with van der Waals surface area (Å²) in [4.78, 5) is 33.2. The highest BCUT2D eigenvalue weighted by Crippen LogP contribution is 2.42. The van der Waals surface area contributed by atoms with Crippen LogP contribution in [0, 0.1) is 0 Å². The zero-order chi connectivity index (χ0) is 20.2. The van der Waals surface area contributed by atoms with E-state index in [0.29, 0.717) is 6.54 Å². The van der Waals surface area contributed by atoms with E-state index in [1.165, 1.54) is 4.90 Å². The van der Waals surface area contributed by atoms with Crippen LogP contribution in [0.5, 0.6) is 0 Å². The molecule has 0 saturated carbocycles. The fraction of sp³-hybridized carbons (Fsp3) is 0.304. The number of piperazine rings is 1. The first-order chi connectivity index (χ1) is 14.0. The number of carbonyl (C=O) groups excluding carboxylic acids is 2. The lowest BCUT2D eigenvalue weighted by molar-refractivity contribution is -0.167. The standard InChI is InChI=1S/C23H23N3O3/c1-23-21-17(16-9-5-6-10-18(16)24-21)11-12-26(23)20(28)14-25(22(23)29)13-19(27)15-7-3-2-4-8-15/h2-10,19,24,27H,11-14H2,1H3. The van der Waals surface area contributed by atoms with Crippen molar-refractivity contribution in [3.63, 3.8) is 0 Å². The van der Waals surface area contributed by atoms with Crippen LogP contribution in [0.25, 0.3) is 10.9 Å². The number of carbonyl (C=O) groups is 2. The van der Waals surface area contributed by atoms with Crippen LogP contribution in [0.2, 0.25) is 0 Å². The number of nitrogens with zero attached hydrogens (tertiary/aromatic N) is 2. The number of amides is 2. The average Bonchev–Trinajstić information content (AvgIpc) is 3.13. The zero-order valence-corrected chi connectivity index (χ0v) is 16.3. The first-order valence-electron chi connectivity index (χ1n) is 9.93. The molecule has 2 N–H and O–H groups in total. The van der Waals surface area contributed by atoms with Gasteiger partial charge in [0, 0.05) is 17.4 Å². The molecule has 0 radical (unpaired) electrons. The smallest absolute Gasteiger partial charge is 0.255 e. The van der Waals surface area contributed by atoms with E-state index in [1.54, 1.807) is 4.90 Å². The molecule has 3 aromatic rings. The van der Waals surface area contributed by atoms with Crippen molar-refractivity contribution in [3.8, 4) is 0 Å². The van der Waals surface area contributed by atoms with Crippen LogP contribution in [0.3, 0.4) is 0 Å². The van der Waals surface area contributed by atoms with Gasteiger partial charge in [-0.05, 0) is 30.5 Å². The quantitative estimate of drug-likeness (QED) is 0.722. The molecule has 1 fully saturated rings. The number of aliphatic hydroxyl groups is 1. The molecule has 3 heterocycles. The molecule has 1 aromatic heterocycles. The van der Waals surface area contributed by atoms with E-state index in [2.05, 4.69) is 11.1 Å². The largest absolute Gasteiger partial charge is 0.387 e. The lowest BCUT2D eigenvalue weighted by atomic mass is 9.83. The summed E-state index contributed by atoms with van der Waals surface area (Å²) in [5.41, 5.74) is 2.52. The Hall–Kier alpha value is -3.12. The Bertz CT molecular complexity index is 1110. The molecule has 1 saturated heterocycles. The fourth-order valence-corrected chi connectivity index (χ4v) is 4.82. The van der Waals surface area contributed by atoms with Gasteiger partial charge in [0.25, 0.3) is 5.91 Å². The molecule has 2 aliphatic rings. The zero-order valence-electron chi connectivity index (χ0n) is 16.3. The van der Waals surface area contributed by atoms with Crippen LogP contribution in [-0.2, 0) is 21.5 Å². The second-order valence-corrected chi connectivity index (χ2v) is 8.00. The van der Waals surface area contributed by atoms with E-state index in [0.717, 1.165) is 34.1 Å². The monoisotopic (exact) mass is 389 g/mol. The first kappa shape index (κ1) is 17.9. The maximum absolute atomic E-state index is 13.6. The third kappa shape index (κ3) is 2.59. The first-order valence-corrected chi connectivity index (χ1v) is 9.93. The summed E-state index contributed by atoms with van der Waals surface area (Å²) in [6.45, 7) is 2.42. The van der Waals surface area contributed by atoms with Gasteiger partial charge in [-0.25, -0.2) is 0 Å². The number of hydrogen-bond donors (Lipinski definition) is 2. The van der Waals surface area contributed by atoms with Crippen LogP contribution in [0.1, 0.15) is 29.8 Å². The Morgan fingerprint density at radius 2 is 1.83 bits per heavy atom. The molecule has 2 aliphatic heterocycles. The lowest BCUT2D eigenvalue weighted by Gasteiger charge is -2.49. The minimum Gasteiger partial charge on any atom is -0.387 e. The summed E-state index contributed by atoms with van der Waals surface area (Å²) in [6.07, 6.45) is -0.116. The van der Waals surface area contributed by atoms with Crippen molar-refractivity contribution in [2.24, 2.45) is 0 Å². The van der Waals surface area contributed by atoms with E-state index < -0.39 is 11.6 Å². The number of aromatic nitrogens is 1. The summed E-state index contributed by atoms with van der Waals surface area (Å²) < 4.78 is 0. The predicted molar refractivity (Wildman–Crippen MR) is 109 cm³/mol. The van der Waals surface area contributed by atoms with Gasteiger partial charge in [-0.2, -0.15) is 0 Å². The maximum atomic E-state index is 13.6. The average molecular weight is 389 g/mol. The van der Waals surface area contributed by atoms with E-state index in [-0.39, 0.29) is 24.9 Å². The van der Waals surface area contributed by atoms with E-state index >= 15 is 0 Å². The van der Waals surface area contributed by atoms with Crippen molar-refractivity contribution in [2.75, 3.05) is 19.6 Å². The van der Waals surface area contributed by atoms with E-state index in [9.17, 15) is 14.7 Å². The van der Waals surface area contributed by atoms with Crippen molar-refractivity contribution in [2.45, 2.75) is 25.0 Å². The molecule has 29 heavy (non-hydrogen) atoms. The number of H-pyrrole nitrogens is 1. The highest BCUT2D eigenvalue weighted by Gasteiger charge is 2.54. The number of aromatic amines is 1. The molecule has 0 aliphatic carbocycles. The molecule has 6 nitrogen and oxygen atoms in total. The van der Waals surface area contributed by atoms with Gasteiger partial charge < -0.3 is 19.9 Å². The summed E-state index contributed by atoms with van der Waals surface area (Å²) >= 11 is 0. The summed E-state index contributed by atoms with van der Waals surface area (Å²) in [5.74, 6) is -0.240. The van der Waals surface area contributed by atoms with Crippen molar-refractivity contribution in [1.29, 1.82) is 0 Å². The van der Waals surface area contributed by atoms with Gasteiger partial charge in [-0.1, -0.05) is 48.5 Å². The molecular weight excluding hydrogens is 366 g/mol. The number of rotatable bonds is 3. The Morgan fingerprint density at radius 3 is 2.62 bits per heavy atom. The number of β-amino-alcohol motifs (C(OH)–C–C–N with tert-alkyl or cyclic N) is 1. The highest BCUT2D eigenvalue weighted by molar-refractivity contribution is 6.00. The normalized spacial score (nSPS) is 22.6. The van der Waals surface area contributed by atoms with Gasteiger partial charge >= 0.3 is 0 Å². The molecule has 2 atom stereocenters. The van der Waals surface area contributed by atoms with Crippen LogP contribution < -0.4 is 0 Å². The van der Waals surface area contributed by atoms with Crippen molar-refractivity contribution in [3.05, 3.63) is 71.4 Å². The highest BCUT2D eigenvalue weighted by atomic mass is 16.3. The molecule has 148 valence electrons. The van der Waals surface area contributed by atoms with E-state index in [4.69, 9.17) is 0 Å². The van der Waals surface area contributed by atoms with Crippen LogP contribution in [0.15, 0.2) is 54.6 Å². The van der Waals surface area contributed by atoms with E-state index in [1.807, 2.05) is 55.5 Å². The Kier molecular flexibility index (Phi) is 3.99. The van der Waals surface area contributed by atoms with Gasteiger partial charge in [-0.3, -0.25) is 9.59 Å². The van der Waals surface area contributed by atoms with Crippen molar-refractivity contribution >= 4 is 22.7 Å². The number of nitrogens with one attached hydrogen (secondary N) is 1.